The van der Waals surface area contributed by atoms with Crippen molar-refractivity contribution < 1.29 is 9.47 Å². The van der Waals surface area contributed by atoms with Gasteiger partial charge in [-0.2, -0.15) is 5.26 Å². The number of ether oxygens (including phenoxy) is 2. The number of H-pyrrole nitrogens is 1. The summed E-state index contributed by atoms with van der Waals surface area (Å²) < 4.78 is 11.6. The zero-order chi connectivity index (χ0) is 20.1. The number of aromatic nitrogens is 2. The summed E-state index contributed by atoms with van der Waals surface area (Å²) in [7, 11) is 1.60. The summed E-state index contributed by atoms with van der Waals surface area (Å²) in [4.78, 5) is 7.73. The first-order chi connectivity index (χ1) is 14.3. The highest BCUT2D eigenvalue weighted by Crippen LogP contribution is 2.34. The third-order valence-corrected chi connectivity index (χ3v) is 4.52. The molecule has 0 radical (unpaired) electrons. The van der Waals surface area contributed by atoms with Crippen molar-refractivity contribution in [2.24, 2.45) is 0 Å². The lowest BCUT2D eigenvalue weighted by molar-refractivity contribution is 0.284. The number of fused-ring (bicyclic) bond motifs is 1. The van der Waals surface area contributed by atoms with E-state index >= 15 is 0 Å². The minimum absolute atomic E-state index is 0.397. The number of para-hydroxylation sites is 3. The molecule has 0 aliphatic rings. The third kappa shape index (κ3) is 3.97. The monoisotopic (exact) mass is 381 g/mol. The highest BCUT2D eigenvalue weighted by molar-refractivity contribution is 5.91. The highest BCUT2D eigenvalue weighted by Gasteiger charge is 2.13. The summed E-state index contributed by atoms with van der Waals surface area (Å²) in [6.45, 7) is 0.397. The van der Waals surface area contributed by atoms with Gasteiger partial charge in [0.15, 0.2) is 11.5 Å². The lowest BCUT2D eigenvalue weighted by Gasteiger charge is -2.13. The number of hydrogen-bond donors (Lipinski definition) is 1. The topological polar surface area (TPSA) is 70.9 Å². The van der Waals surface area contributed by atoms with Crippen LogP contribution < -0.4 is 9.47 Å². The molecule has 1 aromatic heterocycles. The average molecular weight is 381 g/mol. The molecule has 0 unspecified atom stereocenters. The molecule has 0 saturated carbocycles. The van der Waals surface area contributed by atoms with E-state index in [-0.39, 0.29) is 0 Å². The van der Waals surface area contributed by atoms with Crippen molar-refractivity contribution in [1.29, 1.82) is 5.26 Å². The number of methoxy groups -OCH3 is 1. The molecule has 5 heteroatoms. The Hall–Kier alpha value is -4.04. The van der Waals surface area contributed by atoms with Crippen LogP contribution >= 0.6 is 0 Å². The zero-order valence-electron chi connectivity index (χ0n) is 15.9. The van der Waals surface area contributed by atoms with E-state index in [4.69, 9.17) is 9.47 Å². The Kier molecular flexibility index (Phi) is 5.26. The van der Waals surface area contributed by atoms with Gasteiger partial charge in [-0.15, -0.1) is 0 Å². The van der Waals surface area contributed by atoms with Gasteiger partial charge in [0, 0.05) is 5.56 Å². The molecule has 0 saturated heterocycles. The third-order valence-electron chi connectivity index (χ3n) is 4.52. The van der Waals surface area contributed by atoms with E-state index in [1.807, 2.05) is 72.8 Å². The molecule has 0 amide bonds. The summed E-state index contributed by atoms with van der Waals surface area (Å²) in [5.41, 5.74) is 3.91. The van der Waals surface area contributed by atoms with Gasteiger partial charge in [-0.3, -0.25) is 0 Å². The maximum atomic E-state index is 9.74. The number of nitrogens with one attached hydrogen (secondary N) is 1. The average Bonchev–Trinajstić information content (AvgIpc) is 3.21. The summed E-state index contributed by atoms with van der Waals surface area (Å²) in [6, 6.07) is 25.4. The molecule has 1 N–H and O–H groups in total. The molecule has 142 valence electrons. The molecule has 1 heterocycles. The summed E-state index contributed by atoms with van der Waals surface area (Å²) in [6.07, 6.45) is 1.76. The number of imidazole rings is 1. The van der Waals surface area contributed by atoms with Crippen molar-refractivity contribution in [3.63, 3.8) is 0 Å². The molecule has 0 spiro atoms. The minimum Gasteiger partial charge on any atom is -0.493 e. The van der Waals surface area contributed by atoms with E-state index in [0.29, 0.717) is 29.5 Å². The van der Waals surface area contributed by atoms with Gasteiger partial charge in [-0.25, -0.2) is 4.98 Å². The predicted molar refractivity (Wildman–Crippen MR) is 113 cm³/mol. The number of nitrogens with zero attached hydrogens (tertiary/aromatic N) is 2. The maximum absolute atomic E-state index is 9.74. The number of aromatic amines is 1. The van der Waals surface area contributed by atoms with Crippen molar-refractivity contribution >= 4 is 22.7 Å². The highest BCUT2D eigenvalue weighted by atomic mass is 16.5. The van der Waals surface area contributed by atoms with Crippen LogP contribution in [0.5, 0.6) is 11.5 Å². The fourth-order valence-corrected chi connectivity index (χ4v) is 3.08. The van der Waals surface area contributed by atoms with Crippen LogP contribution in [0.4, 0.5) is 0 Å². The first kappa shape index (κ1) is 18.3. The molecule has 0 atom stereocenters. The second-order valence-corrected chi connectivity index (χ2v) is 6.43. The standard InChI is InChI=1S/C24H19N3O2/c1-28-22-13-7-10-18(23(22)29-16-17-8-3-2-4-9-17)14-19(15-25)24-26-20-11-5-6-12-21(20)27-24/h2-14H,16H2,1H3,(H,26,27)/b19-14-. The van der Waals surface area contributed by atoms with Crippen LogP contribution in [-0.4, -0.2) is 17.1 Å². The quantitative estimate of drug-likeness (QED) is 0.465. The Morgan fingerprint density at radius 3 is 2.59 bits per heavy atom. The fourth-order valence-electron chi connectivity index (χ4n) is 3.08. The molecule has 4 rings (SSSR count). The van der Waals surface area contributed by atoms with Gasteiger partial charge in [0.2, 0.25) is 0 Å². The lowest BCUT2D eigenvalue weighted by atomic mass is 10.1. The van der Waals surface area contributed by atoms with Crippen molar-refractivity contribution in [3.05, 3.63) is 89.7 Å². The molecule has 0 aliphatic heterocycles. The predicted octanol–water partition coefficient (Wildman–Crippen LogP) is 5.21. The molecule has 0 fully saturated rings. The van der Waals surface area contributed by atoms with Crippen LogP contribution in [-0.2, 0) is 6.61 Å². The largest absolute Gasteiger partial charge is 0.493 e. The number of hydrogen-bond acceptors (Lipinski definition) is 4. The molecule has 4 aromatic rings. The van der Waals surface area contributed by atoms with Crippen LogP contribution in [0.1, 0.15) is 17.0 Å². The second-order valence-electron chi connectivity index (χ2n) is 6.43. The van der Waals surface area contributed by atoms with E-state index in [1.54, 1.807) is 13.2 Å². The zero-order valence-corrected chi connectivity index (χ0v) is 15.9. The van der Waals surface area contributed by atoms with Crippen LogP contribution in [0.2, 0.25) is 0 Å². The molecule has 0 aliphatic carbocycles. The normalized spacial score (nSPS) is 11.2. The van der Waals surface area contributed by atoms with Crippen molar-refractivity contribution in [1.82, 2.24) is 9.97 Å². The van der Waals surface area contributed by atoms with Gasteiger partial charge >= 0.3 is 0 Å². The minimum atomic E-state index is 0.397. The summed E-state index contributed by atoms with van der Waals surface area (Å²) in [5.74, 6) is 1.71. The van der Waals surface area contributed by atoms with Crippen molar-refractivity contribution in [3.8, 4) is 17.6 Å². The van der Waals surface area contributed by atoms with E-state index in [0.717, 1.165) is 22.2 Å². The van der Waals surface area contributed by atoms with Gasteiger partial charge in [-0.1, -0.05) is 54.6 Å². The maximum Gasteiger partial charge on any atom is 0.168 e. The van der Waals surface area contributed by atoms with E-state index in [9.17, 15) is 5.26 Å². The van der Waals surface area contributed by atoms with E-state index < -0.39 is 0 Å². The second kappa shape index (κ2) is 8.32. The molecule has 5 nitrogen and oxygen atoms in total. The van der Waals surface area contributed by atoms with Gasteiger partial charge in [-0.05, 0) is 29.8 Å². The Labute approximate surface area is 168 Å². The number of benzene rings is 3. The first-order valence-electron chi connectivity index (χ1n) is 9.19. The number of rotatable bonds is 6. The molecular formula is C24H19N3O2. The van der Waals surface area contributed by atoms with Crippen molar-refractivity contribution in [2.75, 3.05) is 7.11 Å². The SMILES string of the molecule is COc1cccc(/C=C(/C#N)c2nc3ccccc3[nH]2)c1OCc1ccccc1. The Morgan fingerprint density at radius 2 is 1.83 bits per heavy atom. The Morgan fingerprint density at radius 1 is 1.03 bits per heavy atom. The molecular weight excluding hydrogens is 362 g/mol. The van der Waals surface area contributed by atoms with E-state index in [2.05, 4.69) is 16.0 Å². The summed E-state index contributed by atoms with van der Waals surface area (Å²) in [5, 5.41) is 9.74. The van der Waals surface area contributed by atoms with Gasteiger partial charge in [0.25, 0.3) is 0 Å². The molecule has 0 bridgehead atoms. The number of nitriles is 1. The van der Waals surface area contributed by atoms with Crippen LogP contribution in [0.3, 0.4) is 0 Å². The molecule has 29 heavy (non-hydrogen) atoms. The summed E-state index contributed by atoms with van der Waals surface area (Å²) >= 11 is 0. The van der Waals surface area contributed by atoms with Gasteiger partial charge in [0.05, 0.1) is 23.7 Å². The molecule has 3 aromatic carbocycles. The Balaban J connectivity index is 1.71. The van der Waals surface area contributed by atoms with E-state index in [1.165, 1.54) is 0 Å². The Bertz CT molecular complexity index is 1170. The van der Waals surface area contributed by atoms with Gasteiger partial charge < -0.3 is 14.5 Å². The van der Waals surface area contributed by atoms with Crippen LogP contribution in [0.15, 0.2) is 72.8 Å². The van der Waals surface area contributed by atoms with Crippen LogP contribution in [0, 0.1) is 11.3 Å². The van der Waals surface area contributed by atoms with Crippen LogP contribution in [0.25, 0.3) is 22.7 Å². The number of allylic oxidation sites excluding steroid dienone is 1. The fraction of sp³-hybridized carbons (Fsp3) is 0.0833. The van der Waals surface area contributed by atoms with Crippen molar-refractivity contribution in [2.45, 2.75) is 6.61 Å². The first-order valence-corrected chi connectivity index (χ1v) is 9.19. The lowest BCUT2D eigenvalue weighted by Crippen LogP contribution is -1.99. The van der Waals surface area contributed by atoms with Gasteiger partial charge in [0.1, 0.15) is 18.5 Å². The smallest absolute Gasteiger partial charge is 0.168 e.